The number of nitrogens with zero attached hydrogens (tertiary/aromatic N) is 2. The fourth-order valence-electron chi connectivity index (χ4n) is 3.32. The minimum atomic E-state index is -3.69. The number of nitrogens with one attached hydrogen (secondary N) is 1. The lowest BCUT2D eigenvalue weighted by Gasteiger charge is -2.22. The summed E-state index contributed by atoms with van der Waals surface area (Å²) in [5.74, 6) is 0.388. The molecule has 0 aliphatic heterocycles. The molecule has 3 aromatic rings. The Morgan fingerprint density at radius 3 is 2.43 bits per heavy atom. The van der Waals surface area contributed by atoms with Crippen molar-refractivity contribution in [3.05, 3.63) is 86.3 Å². The van der Waals surface area contributed by atoms with Crippen LogP contribution in [0, 0.1) is 13.8 Å². The van der Waals surface area contributed by atoms with Gasteiger partial charge in [0, 0.05) is 5.02 Å². The first-order valence-electron chi connectivity index (χ1n) is 11.1. The highest BCUT2D eigenvalue weighted by Crippen LogP contribution is 2.37. The number of hydrazone groups is 1. The third-order valence-corrected chi connectivity index (χ3v) is 7.40. The molecule has 196 valence electrons. The largest absolute Gasteiger partial charge is 0.493 e. The van der Waals surface area contributed by atoms with Crippen molar-refractivity contribution in [1.29, 1.82) is 0 Å². The van der Waals surface area contributed by atoms with Gasteiger partial charge in [0.15, 0.2) is 11.5 Å². The smallest absolute Gasteiger partial charge is 0.260 e. The van der Waals surface area contributed by atoms with Crippen molar-refractivity contribution in [3.63, 3.8) is 0 Å². The second-order valence-corrected chi connectivity index (χ2v) is 11.5. The number of methoxy groups -OCH3 is 1. The first kappa shape index (κ1) is 28.5. The van der Waals surface area contributed by atoms with Crippen LogP contribution in [0.25, 0.3) is 0 Å². The van der Waals surface area contributed by atoms with Gasteiger partial charge in [-0.1, -0.05) is 29.8 Å². The number of carbonyl (C=O) groups is 1. The maximum Gasteiger partial charge on any atom is 0.260 e. The molecule has 0 unspecified atom stereocenters. The predicted molar refractivity (Wildman–Crippen MR) is 150 cm³/mol. The fourth-order valence-corrected chi connectivity index (χ4v) is 4.86. The molecular weight excluding hydrogens is 582 g/mol. The average molecular weight is 609 g/mol. The summed E-state index contributed by atoms with van der Waals surface area (Å²) in [5, 5.41) is 4.62. The molecule has 8 nitrogen and oxygen atoms in total. The lowest BCUT2D eigenvalue weighted by Crippen LogP contribution is -2.39. The van der Waals surface area contributed by atoms with E-state index in [0.29, 0.717) is 38.9 Å². The number of sulfonamides is 1. The Kier molecular flexibility index (Phi) is 9.58. The van der Waals surface area contributed by atoms with Crippen LogP contribution < -0.4 is 19.2 Å². The number of amides is 1. The maximum absolute atomic E-state index is 12.5. The van der Waals surface area contributed by atoms with Crippen LogP contribution in [-0.2, 0) is 21.4 Å². The highest BCUT2D eigenvalue weighted by Gasteiger charge is 2.21. The van der Waals surface area contributed by atoms with Crippen LogP contribution in [0.5, 0.6) is 11.5 Å². The molecule has 0 radical (unpaired) electrons. The topological polar surface area (TPSA) is 97.3 Å². The Morgan fingerprint density at radius 1 is 1.11 bits per heavy atom. The molecule has 1 amide bonds. The molecule has 3 aromatic carbocycles. The molecule has 0 aliphatic carbocycles. The van der Waals surface area contributed by atoms with Crippen LogP contribution in [0.1, 0.15) is 22.3 Å². The van der Waals surface area contributed by atoms with Crippen LogP contribution in [0.15, 0.2) is 64.2 Å². The zero-order chi connectivity index (χ0) is 27.2. The van der Waals surface area contributed by atoms with Gasteiger partial charge in [0.25, 0.3) is 5.91 Å². The van der Waals surface area contributed by atoms with E-state index in [-0.39, 0.29) is 0 Å². The molecule has 11 heteroatoms. The number of anilines is 1. The van der Waals surface area contributed by atoms with Gasteiger partial charge in [0.05, 0.1) is 29.7 Å². The van der Waals surface area contributed by atoms with E-state index in [2.05, 4.69) is 26.5 Å². The number of halogens is 2. The zero-order valence-electron chi connectivity index (χ0n) is 20.8. The summed E-state index contributed by atoms with van der Waals surface area (Å²) in [6.45, 7) is 3.71. The number of benzene rings is 3. The summed E-state index contributed by atoms with van der Waals surface area (Å²) < 4.78 is 37.7. The Hall–Kier alpha value is -3.08. The molecule has 0 aliphatic rings. The fraction of sp³-hybridized carbons (Fsp3) is 0.231. The minimum Gasteiger partial charge on any atom is -0.493 e. The number of hydrogen-bond donors (Lipinski definition) is 1. The molecule has 0 heterocycles. The van der Waals surface area contributed by atoms with Gasteiger partial charge in [0.1, 0.15) is 13.2 Å². The molecule has 0 aromatic heterocycles. The van der Waals surface area contributed by atoms with Crippen LogP contribution in [0.2, 0.25) is 5.02 Å². The van der Waals surface area contributed by atoms with Gasteiger partial charge in [-0.2, -0.15) is 5.10 Å². The predicted octanol–water partition coefficient (Wildman–Crippen LogP) is 5.22. The van der Waals surface area contributed by atoms with Gasteiger partial charge < -0.3 is 9.47 Å². The van der Waals surface area contributed by atoms with E-state index in [1.54, 1.807) is 36.4 Å². The van der Waals surface area contributed by atoms with Crippen molar-refractivity contribution < 1.29 is 22.7 Å². The highest BCUT2D eigenvalue weighted by atomic mass is 79.9. The lowest BCUT2D eigenvalue weighted by molar-refractivity contribution is -0.119. The minimum absolute atomic E-state index is 0.312. The van der Waals surface area contributed by atoms with E-state index >= 15 is 0 Å². The molecule has 3 rings (SSSR count). The Labute approximate surface area is 230 Å². The van der Waals surface area contributed by atoms with E-state index < -0.39 is 22.5 Å². The summed E-state index contributed by atoms with van der Waals surface area (Å²) in [5.41, 5.74) is 6.29. The number of aryl methyl sites for hydroxylation is 2. The van der Waals surface area contributed by atoms with Crippen molar-refractivity contribution in [3.8, 4) is 11.5 Å². The Bertz CT molecular complexity index is 1410. The summed E-state index contributed by atoms with van der Waals surface area (Å²) in [6.07, 6.45) is 2.48. The molecule has 0 atom stereocenters. The summed E-state index contributed by atoms with van der Waals surface area (Å²) in [6, 6.07) is 16.0. The number of hydrogen-bond acceptors (Lipinski definition) is 6. The van der Waals surface area contributed by atoms with E-state index in [1.807, 2.05) is 32.0 Å². The van der Waals surface area contributed by atoms with Gasteiger partial charge >= 0.3 is 0 Å². The summed E-state index contributed by atoms with van der Waals surface area (Å²) in [4.78, 5) is 12.5. The summed E-state index contributed by atoms with van der Waals surface area (Å²) >= 11 is 9.42. The van der Waals surface area contributed by atoms with Crippen molar-refractivity contribution >= 4 is 55.4 Å². The molecule has 0 spiro atoms. The van der Waals surface area contributed by atoms with E-state index in [0.717, 1.165) is 27.3 Å². The number of ether oxygens (including phenoxy) is 2. The van der Waals surface area contributed by atoms with Crippen molar-refractivity contribution in [2.75, 3.05) is 24.2 Å². The van der Waals surface area contributed by atoms with E-state index in [9.17, 15) is 13.2 Å². The quantitative estimate of drug-likeness (QED) is 0.251. The van der Waals surface area contributed by atoms with Gasteiger partial charge in [0.2, 0.25) is 10.0 Å². The van der Waals surface area contributed by atoms with Gasteiger partial charge in [-0.3, -0.25) is 9.10 Å². The second-order valence-electron chi connectivity index (χ2n) is 8.28. The summed E-state index contributed by atoms with van der Waals surface area (Å²) in [7, 11) is -2.17. The van der Waals surface area contributed by atoms with Gasteiger partial charge in [-0.15, -0.1) is 0 Å². The highest BCUT2D eigenvalue weighted by molar-refractivity contribution is 9.10. The lowest BCUT2D eigenvalue weighted by atomic mass is 10.1. The third-order valence-electron chi connectivity index (χ3n) is 5.42. The van der Waals surface area contributed by atoms with Gasteiger partial charge in [-0.25, -0.2) is 13.8 Å². The van der Waals surface area contributed by atoms with Crippen LogP contribution >= 0.6 is 27.5 Å². The monoisotopic (exact) mass is 607 g/mol. The van der Waals surface area contributed by atoms with Crippen LogP contribution in [0.3, 0.4) is 0 Å². The first-order valence-corrected chi connectivity index (χ1v) is 14.1. The van der Waals surface area contributed by atoms with E-state index in [1.165, 1.54) is 13.3 Å². The van der Waals surface area contributed by atoms with Crippen molar-refractivity contribution in [1.82, 2.24) is 5.43 Å². The second kappa shape index (κ2) is 12.4. The Balaban J connectivity index is 1.68. The number of carbonyl (C=O) groups excluding carboxylic acids is 1. The SMILES string of the molecule is COc1cc(/C=N\NC(=O)CN(c2ccc(C)c(C)c2)S(C)(=O)=O)cc(Br)c1OCc1ccc(Cl)cc1. The average Bonchev–Trinajstić information content (AvgIpc) is 2.83. The zero-order valence-corrected chi connectivity index (χ0v) is 23.9. The first-order chi connectivity index (χ1) is 17.5. The van der Waals surface area contributed by atoms with Crippen LogP contribution in [0.4, 0.5) is 5.69 Å². The molecule has 0 bridgehead atoms. The Morgan fingerprint density at radius 2 is 1.81 bits per heavy atom. The molecule has 0 saturated carbocycles. The van der Waals surface area contributed by atoms with Crippen molar-refractivity contribution in [2.24, 2.45) is 5.10 Å². The molecule has 0 saturated heterocycles. The molecular formula is C26H27BrClN3O5S. The molecule has 0 fully saturated rings. The molecule has 37 heavy (non-hydrogen) atoms. The normalized spacial score (nSPS) is 11.4. The maximum atomic E-state index is 12.5. The van der Waals surface area contributed by atoms with Crippen molar-refractivity contribution in [2.45, 2.75) is 20.5 Å². The van der Waals surface area contributed by atoms with E-state index in [4.69, 9.17) is 21.1 Å². The number of rotatable bonds is 10. The van der Waals surface area contributed by atoms with Crippen LogP contribution in [-0.4, -0.2) is 40.4 Å². The third kappa shape index (κ3) is 7.95. The standard InChI is InChI=1S/C26H27BrClN3O5S/c1-17-5-10-22(11-18(17)2)31(37(4,33)34)15-25(32)30-29-14-20-12-23(27)26(24(13-20)35-3)36-16-19-6-8-21(28)9-7-19/h5-14H,15-16H2,1-4H3,(H,30,32)/b29-14-. The molecule has 1 N–H and O–H groups in total. The van der Waals surface area contributed by atoms with Gasteiger partial charge in [-0.05, 0) is 88.4 Å².